The molecule has 0 atom stereocenters. The van der Waals surface area contributed by atoms with Crippen molar-refractivity contribution in [2.45, 2.75) is 24.3 Å². The van der Waals surface area contributed by atoms with Crippen molar-refractivity contribution in [2.24, 2.45) is 0 Å². The summed E-state index contributed by atoms with van der Waals surface area (Å²) < 4.78 is 38.5. The van der Waals surface area contributed by atoms with Crippen molar-refractivity contribution in [3.8, 4) is 11.6 Å². The second-order valence-corrected chi connectivity index (χ2v) is 7.85. The van der Waals surface area contributed by atoms with Gasteiger partial charge < -0.3 is 10.3 Å². The first kappa shape index (κ1) is 20.5. The third kappa shape index (κ3) is 4.80. The van der Waals surface area contributed by atoms with E-state index < -0.39 is 33.1 Å². The van der Waals surface area contributed by atoms with Gasteiger partial charge in [-0.2, -0.15) is 0 Å². The SMILES string of the molecule is CC(C)(NC(=O)c1cc(=O)[nH]c(-c2ncccn2)n1)c1ccc(S(F)(F)F)cc1. The smallest absolute Gasteiger partial charge is 0.270 e. The maximum Gasteiger partial charge on any atom is 0.270 e. The van der Waals surface area contributed by atoms with Gasteiger partial charge in [0.1, 0.15) is 5.69 Å². The fraction of sp³-hybridized carbons (Fsp3) is 0.167. The molecule has 0 aliphatic rings. The standard InChI is InChI=1S/C18H16F3N5O2S/c1-18(2,11-4-6-12(7-5-11)29(19,20)21)26-17(28)13-10-14(27)25-16(24-13)15-22-8-3-9-23-15/h3-10H,1-2H3,(H,26,28)(H,24,25,27). The van der Waals surface area contributed by atoms with Crippen molar-refractivity contribution in [3.63, 3.8) is 0 Å². The van der Waals surface area contributed by atoms with Crippen LogP contribution in [0.1, 0.15) is 29.9 Å². The van der Waals surface area contributed by atoms with Gasteiger partial charge in [-0.3, -0.25) is 9.59 Å². The Bertz CT molecular complexity index is 1080. The van der Waals surface area contributed by atoms with Crippen LogP contribution >= 0.6 is 11.2 Å². The Kier molecular flexibility index (Phi) is 5.42. The van der Waals surface area contributed by atoms with Crippen molar-refractivity contribution >= 4 is 17.1 Å². The number of H-pyrrole nitrogens is 1. The number of hydrogen-bond donors (Lipinski definition) is 2. The average molecular weight is 423 g/mol. The molecule has 1 amide bonds. The van der Waals surface area contributed by atoms with Gasteiger partial charge in [-0.15, -0.1) is 11.7 Å². The van der Waals surface area contributed by atoms with E-state index in [0.717, 1.165) is 18.2 Å². The van der Waals surface area contributed by atoms with Crippen molar-refractivity contribution < 1.29 is 16.5 Å². The Labute approximate surface area is 165 Å². The number of halogens is 3. The van der Waals surface area contributed by atoms with Gasteiger partial charge >= 0.3 is 0 Å². The minimum atomic E-state index is -5.31. The summed E-state index contributed by atoms with van der Waals surface area (Å²) in [4.78, 5) is 38.4. The molecule has 29 heavy (non-hydrogen) atoms. The minimum Gasteiger partial charge on any atom is -0.342 e. The van der Waals surface area contributed by atoms with E-state index in [4.69, 9.17) is 0 Å². The van der Waals surface area contributed by atoms with E-state index in [1.165, 1.54) is 24.5 Å². The summed E-state index contributed by atoms with van der Waals surface area (Å²) in [5, 5.41) is 2.68. The fourth-order valence-electron chi connectivity index (χ4n) is 2.55. The van der Waals surface area contributed by atoms with Crippen LogP contribution in [0.15, 0.2) is 58.5 Å². The topological polar surface area (TPSA) is 101 Å². The molecule has 0 aliphatic carbocycles. The molecular weight excluding hydrogens is 407 g/mol. The van der Waals surface area contributed by atoms with E-state index in [-0.39, 0.29) is 17.3 Å². The zero-order valence-electron chi connectivity index (χ0n) is 15.3. The number of benzene rings is 1. The maximum absolute atomic E-state index is 12.8. The van der Waals surface area contributed by atoms with Crippen LogP contribution in [-0.4, -0.2) is 25.8 Å². The molecule has 11 heteroatoms. The van der Waals surface area contributed by atoms with E-state index in [2.05, 4.69) is 25.3 Å². The fourth-order valence-corrected chi connectivity index (χ4v) is 2.99. The van der Waals surface area contributed by atoms with Crippen LogP contribution in [0.2, 0.25) is 0 Å². The molecule has 0 spiro atoms. The molecular formula is C18H16F3N5O2S. The second kappa shape index (κ2) is 7.66. The summed E-state index contributed by atoms with van der Waals surface area (Å²) in [6.45, 7) is 3.27. The summed E-state index contributed by atoms with van der Waals surface area (Å²) in [6, 6.07) is 7.19. The van der Waals surface area contributed by atoms with E-state index >= 15 is 0 Å². The predicted octanol–water partition coefficient (Wildman–Crippen LogP) is 3.71. The summed E-state index contributed by atoms with van der Waals surface area (Å²) in [5.41, 5.74) is -1.28. The number of nitrogens with one attached hydrogen (secondary N) is 2. The van der Waals surface area contributed by atoms with Crippen LogP contribution in [0.25, 0.3) is 11.6 Å². The van der Waals surface area contributed by atoms with Gasteiger partial charge in [0.25, 0.3) is 11.5 Å². The van der Waals surface area contributed by atoms with Gasteiger partial charge in [-0.1, -0.05) is 12.1 Å². The van der Waals surface area contributed by atoms with Crippen molar-refractivity contribution in [1.29, 1.82) is 0 Å². The number of amides is 1. The van der Waals surface area contributed by atoms with E-state index in [0.29, 0.717) is 5.56 Å². The highest BCUT2D eigenvalue weighted by molar-refractivity contribution is 8.20. The molecule has 3 rings (SSSR count). The number of rotatable bonds is 5. The van der Waals surface area contributed by atoms with Crippen LogP contribution in [0, 0.1) is 0 Å². The molecule has 0 unspecified atom stereocenters. The van der Waals surface area contributed by atoms with E-state index in [9.17, 15) is 21.2 Å². The zero-order chi connectivity index (χ0) is 21.2. The third-order valence-corrected chi connectivity index (χ3v) is 4.83. The molecule has 0 fully saturated rings. The summed E-state index contributed by atoms with van der Waals surface area (Å²) in [6.07, 6.45) is 2.93. The van der Waals surface area contributed by atoms with E-state index in [1.807, 2.05) is 0 Å². The Morgan fingerprint density at radius 1 is 1.10 bits per heavy atom. The molecule has 2 N–H and O–H groups in total. The minimum absolute atomic E-state index is 0.0264. The molecule has 0 saturated carbocycles. The maximum atomic E-state index is 12.8. The first-order chi connectivity index (χ1) is 13.6. The highest BCUT2D eigenvalue weighted by Crippen LogP contribution is 2.60. The molecule has 2 aromatic heterocycles. The van der Waals surface area contributed by atoms with Crippen molar-refractivity contribution in [2.75, 3.05) is 0 Å². The first-order valence-corrected chi connectivity index (χ1v) is 9.64. The monoisotopic (exact) mass is 423 g/mol. The van der Waals surface area contributed by atoms with Crippen LogP contribution in [-0.2, 0) is 5.54 Å². The number of aromatic nitrogens is 4. The van der Waals surface area contributed by atoms with Crippen LogP contribution in [0.4, 0.5) is 11.7 Å². The predicted molar refractivity (Wildman–Crippen MR) is 102 cm³/mol. The lowest BCUT2D eigenvalue weighted by atomic mass is 9.94. The highest BCUT2D eigenvalue weighted by Gasteiger charge is 2.28. The number of carbonyl (C=O) groups excluding carboxylic acids is 1. The third-order valence-electron chi connectivity index (χ3n) is 4.02. The largest absolute Gasteiger partial charge is 0.342 e. The second-order valence-electron chi connectivity index (χ2n) is 6.56. The Hall–Kier alpha value is -3.21. The van der Waals surface area contributed by atoms with Gasteiger partial charge in [-0.25, -0.2) is 15.0 Å². The molecule has 3 aromatic rings. The van der Waals surface area contributed by atoms with Gasteiger partial charge in [0.05, 0.1) is 10.4 Å². The number of aromatic amines is 1. The van der Waals surface area contributed by atoms with Gasteiger partial charge in [0.15, 0.2) is 11.6 Å². The van der Waals surface area contributed by atoms with Gasteiger partial charge in [0, 0.05) is 18.5 Å². The Morgan fingerprint density at radius 3 is 2.31 bits per heavy atom. The highest BCUT2D eigenvalue weighted by atomic mass is 32.3. The molecule has 7 nitrogen and oxygen atoms in total. The summed E-state index contributed by atoms with van der Waals surface area (Å²) in [5.74, 6) is -0.494. The number of hydrogen-bond acceptors (Lipinski definition) is 5. The van der Waals surface area contributed by atoms with Crippen LogP contribution < -0.4 is 10.9 Å². The zero-order valence-corrected chi connectivity index (χ0v) is 16.1. The number of carbonyl (C=O) groups is 1. The molecule has 0 saturated heterocycles. The lowest BCUT2D eigenvalue weighted by Gasteiger charge is -2.27. The number of nitrogens with zero attached hydrogens (tertiary/aromatic N) is 3. The van der Waals surface area contributed by atoms with Gasteiger partial charge in [-0.05, 0) is 37.6 Å². The molecule has 0 aliphatic heterocycles. The van der Waals surface area contributed by atoms with Crippen molar-refractivity contribution in [3.05, 3.63) is 70.4 Å². The molecule has 152 valence electrons. The summed E-state index contributed by atoms with van der Waals surface area (Å²) >= 11 is -5.31. The Morgan fingerprint density at radius 2 is 1.72 bits per heavy atom. The van der Waals surface area contributed by atoms with Crippen molar-refractivity contribution in [1.82, 2.24) is 25.3 Å². The molecule has 0 bridgehead atoms. The average Bonchev–Trinajstić information content (AvgIpc) is 2.67. The Balaban J connectivity index is 1.86. The normalized spacial score (nSPS) is 12.4. The van der Waals surface area contributed by atoms with E-state index in [1.54, 1.807) is 19.9 Å². The first-order valence-electron chi connectivity index (χ1n) is 8.30. The molecule has 0 radical (unpaired) electrons. The van der Waals surface area contributed by atoms with Crippen LogP contribution in [0.3, 0.4) is 0 Å². The molecule has 1 aromatic carbocycles. The summed E-state index contributed by atoms with van der Waals surface area (Å²) in [7, 11) is 0. The lowest BCUT2D eigenvalue weighted by molar-refractivity contribution is 0.0906. The van der Waals surface area contributed by atoms with Crippen LogP contribution in [0.5, 0.6) is 0 Å². The quantitative estimate of drug-likeness (QED) is 0.652. The molecule has 2 heterocycles. The van der Waals surface area contributed by atoms with Gasteiger partial charge in [0.2, 0.25) is 11.2 Å². The lowest BCUT2D eigenvalue weighted by Crippen LogP contribution is -2.41.